The summed E-state index contributed by atoms with van der Waals surface area (Å²) in [6.07, 6.45) is 1.73. The van der Waals surface area contributed by atoms with Crippen molar-refractivity contribution < 1.29 is 4.79 Å². The maximum Gasteiger partial charge on any atom is 0.159 e. The van der Waals surface area contributed by atoms with Crippen LogP contribution in [0.5, 0.6) is 0 Å². The Balaban J connectivity index is 3.20. The molecule has 0 bridgehead atoms. The molecule has 0 aliphatic rings. The average Bonchev–Trinajstić information content (AvgIpc) is 2.16. The number of hydrogen-bond donors (Lipinski definition) is 0. The van der Waals surface area contributed by atoms with Crippen molar-refractivity contribution in [1.82, 2.24) is 0 Å². The van der Waals surface area contributed by atoms with Crippen molar-refractivity contribution in [3.63, 3.8) is 0 Å². The van der Waals surface area contributed by atoms with E-state index < -0.39 is 0 Å². The third kappa shape index (κ3) is 1.94. The lowest BCUT2D eigenvalue weighted by Gasteiger charge is -2.05. The molecular formula is C12H12O. The van der Waals surface area contributed by atoms with E-state index in [2.05, 4.69) is 13.2 Å². The van der Waals surface area contributed by atoms with E-state index in [4.69, 9.17) is 0 Å². The van der Waals surface area contributed by atoms with Crippen LogP contribution in [-0.4, -0.2) is 5.78 Å². The largest absolute Gasteiger partial charge is 0.295 e. The second-order valence-corrected chi connectivity index (χ2v) is 2.83. The van der Waals surface area contributed by atoms with E-state index in [1.54, 1.807) is 6.08 Å². The highest BCUT2D eigenvalue weighted by molar-refractivity contribution is 6.19. The van der Waals surface area contributed by atoms with Crippen LogP contribution < -0.4 is 0 Å². The summed E-state index contributed by atoms with van der Waals surface area (Å²) in [6.45, 7) is 8.93. The van der Waals surface area contributed by atoms with Crippen molar-refractivity contribution >= 4 is 17.4 Å². The first kappa shape index (κ1) is 9.46. The van der Waals surface area contributed by atoms with Crippen LogP contribution in [-0.2, 0) is 4.79 Å². The molecule has 0 fully saturated rings. The number of hydrogen-bond acceptors (Lipinski definition) is 1. The lowest BCUT2D eigenvalue weighted by Crippen LogP contribution is -1.95. The third-order valence-corrected chi connectivity index (χ3v) is 1.93. The van der Waals surface area contributed by atoms with Gasteiger partial charge in [0.1, 0.15) is 0 Å². The van der Waals surface area contributed by atoms with Gasteiger partial charge in [0.15, 0.2) is 5.78 Å². The first-order valence-electron chi connectivity index (χ1n) is 4.08. The molecule has 0 spiro atoms. The molecule has 0 saturated heterocycles. The minimum absolute atomic E-state index is 0.00528. The van der Waals surface area contributed by atoms with E-state index in [-0.39, 0.29) is 5.78 Å². The molecule has 0 aromatic heterocycles. The fourth-order valence-corrected chi connectivity index (χ4v) is 1.14. The van der Waals surface area contributed by atoms with Gasteiger partial charge in [-0.1, -0.05) is 43.5 Å². The van der Waals surface area contributed by atoms with Gasteiger partial charge in [-0.3, -0.25) is 4.79 Å². The smallest absolute Gasteiger partial charge is 0.159 e. The summed E-state index contributed by atoms with van der Waals surface area (Å²) in [7, 11) is 0. The van der Waals surface area contributed by atoms with Crippen molar-refractivity contribution in [2.75, 3.05) is 0 Å². The first-order valence-corrected chi connectivity index (χ1v) is 4.08. The Morgan fingerprint density at radius 3 is 2.54 bits per heavy atom. The van der Waals surface area contributed by atoms with Crippen LogP contribution in [0.15, 0.2) is 37.4 Å². The zero-order valence-electron chi connectivity index (χ0n) is 7.71. The van der Waals surface area contributed by atoms with Crippen LogP contribution in [0.2, 0.25) is 0 Å². The van der Waals surface area contributed by atoms with Gasteiger partial charge in [0.2, 0.25) is 0 Å². The summed E-state index contributed by atoms with van der Waals surface area (Å²) in [6, 6.07) is 7.58. The summed E-state index contributed by atoms with van der Waals surface area (Å²) in [5.41, 5.74) is 2.35. The molecule has 0 N–H and O–H groups in total. The van der Waals surface area contributed by atoms with Crippen molar-refractivity contribution in [2.24, 2.45) is 0 Å². The summed E-state index contributed by atoms with van der Waals surface area (Å²) < 4.78 is 0. The Morgan fingerprint density at radius 1 is 1.38 bits per heavy atom. The molecule has 1 nitrogen and oxygen atoms in total. The van der Waals surface area contributed by atoms with Crippen molar-refractivity contribution in [3.8, 4) is 0 Å². The highest BCUT2D eigenvalue weighted by Gasteiger charge is 2.06. The third-order valence-electron chi connectivity index (χ3n) is 1.93. The highest BCUT2D eigenvalue weighted by Crippen LogP contribution is 2.18. The Hall–Kier alpha value is -1.63. The molecule has 0 amide bonds. The standard InChI is InChI=1S/C12H12O/c1-4-11-7-5-6-8-12(11)9(2)10(3)13/h4-8H,1-2H2,3H3. The van der Waals surface area contributed by atoms with Gasteiger partial charge in [-0.05, 0) is 18.1 Å². The maximum absolute atomic E-state index is 11.1. The fraction of sp³-hybridized carbons (Fsp3) is 0.0833. The van der Waals surface area contributed by atoms with E-state index in [1.165, 1.54) is 6.92 Å². The monoisotopic (exact) mass is 172 g/mol. The Bertz CT molecular complexity index is 361. The number of allylic oxidation sites excluding steroid dienone is 1. The Morgan fingerprint density at radius 2 is 2.00 bits per heavy atom. The van der Waals surface area contributed by atoms with Gasteiger partial charge >= 0.3 is 0 Å². The van der Waals surface area contributed by atoms with Crippen LogP contribution in [0, 0.1) is 0 Å². The molecule has 1 rings (SSSR count). The fourth-order valence-electron chi connectivity index (χ4n) is 1.14. The normalized spacial score (nSPS) is 9.31. The molecule has 0 aliphatic heterocycles. The summed E-state index contributed by atoms with van der Waals surface area (Å²) in [4.78, 5) is 11.1. The van der Waals surface area contributed by atoms with Crippen molar-refractivity contribution in [2.45, 2.75) is 6.92 Å². The van der Waals surface area contributed by atoms with E-state index >= 15 is 0 Å². The summed E-state index contributed by atoms with van der Waals surface area (Å²) >= 11 is 0. The van der Waals surface area contributed by atoms with Gasteiger partial charge in [0.05, 0.1) is 0 Å². The van der Waals surface area contributed by atoms with Crippen LogP contribution in [0.4, 0.5) is 0 Å². The molecule has 0 atom stereocenters. The molecule has 0 saturated carbocycles. The molecule has 66 valence electrons. The van der Waals surface area contributed by atoms with Gasteiger partial charge in [-0.25, -0.2) is 0 Å². The lowest BCUT2D eigenvalue weighted by atomic mass is 9.99. The van der Waals surface area contributed by atoms with Crippen LogP contribution in [0.25, 0.3) is 11.6 Å². The predicted octanol–water partition coefficient (Wildman–Crippen LogP) is 2.93. The average molecular weight is 172 g/mol. The number of rotatable bonds is 3. The first-order chi connectivity index (χ1) is 6.16. The number of ketones is 1. The molecule has 1 heteroatoms. The summed E-state index contributed by atoms with van der Waals surface area (Å²) in [5.74, 6) is -0.00528. The molecular weight excluding hydrogens is 160 g/mol. The highest BCUT2D eigenvalue weighted by atomic mass is 16.1. The number of Topliss-reactive ketones (excluding diaryl/α,β-unsaturated/α-hetero) is 1. The Kier molecular flexibility index (Phi) is 2.80. The second-order valence-electron chi connectivity index (χ2n) is 2.83. The molecule has 1 aromatic carbocycles. The molecule has 0 heterocycles. The van der Waals surface area contributed by atoms with E-state index in [1.807, 2.05) is 24.3 Å². The topological polar surface area (TPSA) is 17.1 Å². The minimum Gasteiger partial charge on any atom is -0.295 e. The van der Waals surface area contributed by atoms with Crippen molar-refractivity contribution in [1.29, 1.82) is 0 Å². The van der Waals surface area contributed by atoms with Gasteiger partial charge in [-0.2, -0.15) is 0 Å². The number of benzene rings is 1. The van der Waals surface area contributed by atoms with Crippen LogP contribution >= 0.6 is 0 Å². The van der Waals surface area contributed by atoms with Crippen LogP contribution in [0.1, 0.15) is 18.1 Å². The second kappa shape index (κ2) is 3.85. The van der Waals surface area contributed by atoms with Gasteiger partial charge < -0.3 is 0 Å². The quantitative estimate of drug-likeness (QED) is 0.641. The van der Waals surface area contributed by atoms with E-state index in [0.717, 1.165) is 11.1 Å². The number of carbonyl (C=O) groups is 1. The van der Waals surface area contributed by atoms with Crippen LogP contribution in [0.3, 0.4) is 0 Å². The molecule has 0 unspecified atom stereocenters. The zero-order chi connectivity index (χ0) is 9.84. The lowest BCUT2D eigenvalue weighted by molar-refractivity contribution is -0.111. The predicted molar refractivity (Wildman–Crippen MR) is 56.2 cm³/mol. The van der Waals surface area contributed by atoms with E-state index in [9.17, 15) is 4.79 Å². The molecule has 0 radical (unpaired) electrons. The van der Waals surface area contributed by atoms with E-state index in [0.29, 0.717) is 5.57 Å². The molecule has 13 heavy (non-hydrogen) atoms. The Labute approximate surface area is 78.4 Å². The van der Waals surface area contributed by atoms with Gasteiger partial charge in [0.25, 0.3) is 0 Å². The van der Waals surface area contributed by atoms with Gasteiger partial charge in [0, 0.05) is 5.57 Å². The molecule has 1 aromatic rings. The zero-order valence-corrected chi connectivity index (χ0v) is 7.71. The maximum atomic E-state index is 11.1. The SMILES string of the molecule is C=Cc1ccccc1C(=C)C(C)=O. The molecule has 0 aliphatic carbocycles. The summed E-state index contributed by atoms with van der Waals surface area (Å²) in [5, 5.41) is 0. The van der Waals surface area contributed by atoms with Gasteiger partial charge in [-0.15, -0.1) is 0 Å². The number of carbonyl (C=O) groups excluding carboxylic acids is 1. The minimum atomic E-state index is -0.00528. The van der Waals surface area contributed by atoms with Crippen molar-refractivity contribution in [3.05, 3.63) is 48.6 Å².